The Morgan fingerprint density at radius 1 is 1.14 bits per heavy atom. The first-order chi connectivity index (χ1) is 14.0. The molecule has 1 atom stereocenters. The first kappa shape index (κ1) is 18.7. The molecule has 0 radical (unpaired) electrons. The Bertz CT molecular complexity index is 1020. The van der Waals surface area contributed by atoms with E-state index in [9.17, 15) is 9.59 Å². The van der Waals surface area contributed by atoms with Gasteiger partial charge in [-0.15, -0.1) is 0 Å². The van der Waals surface area contributed by atoms with Gasteiger partial charge in [-0.05, 0) is 29.8 Å². The second kappa shape index (κ2) is 7.75. The minimum Gasteiger partial charge on any atom is -0.476 e. The summed E-state index contributed by atoms with van der Waals surface area (Å²) in [6.07, 6.45) is 2.39. The number of fused-ring (bicyclic) bond motifs is 1. The predicted molar refractivity (Wildman–Crippen MR) is 107 cm³/mol. The van der Waals surface area contributed by atoms with Crippen molar-refractivity contribution in [1.82, 2.24) is 19.7 Å². The summed E-state index contributed by atoms with van der Waals surface area (Å²) in [6, 6.07) is 14.6. The standard InChI is InChI=1S/C21H21N5O3/c1-24(2)21(28)19-12-26(17-5-3-4-6-18(17)29-19)20(27)16-9-7-15(8-10-16)11-25-14-22-13-23-25/h3-10,13-14,19H,11-12H2,1-2H3/t19-/m1/s1. The van der Waals surface area contributed by atoms with Gasteiger partial charge in [0.1, 0.15) is 18.4 Å². The monoisotopic (exact) mass is 391 g/mol. The van der Waals surface area contributed by atoms with Crippen molar-refractivity contribution in [2.75, 3.05) is 25.5 Å². The molecule has 0 N–H and O–H groups in total. The fourth-order valence-corrected chi connectivity index (χ4v) is 3.25. The maximum atomic E-state index is 13.2. The Hall–Kier alpha value is -3.68. The largest absolute Gasteiger partial charge is 0.476 e. The van der Waals surface area contributed by atoms with Crippen molar-refractivity contribution in [2.24, 2.45) is 0 Å². The fraction of sp³-hybridized carbons (Fsp3) is 0.238. The molecule has 0 unspecified atom stereocenters. The zero-order valence-corrected chi connectivity index (χ0v) is 16.2. The van der Waals surface area contributed by atoms with Gasteiger partial charge in [0.25, 0.3) is 11.8 Å². The van der Waals surface area contributed by atoms with Crippen LogP contribution in [-0.2, 0) is 11.3 Å². The van der Waals surface area contributed by atoms with Crippen molar-refractivity contribution >= 4 is 17.5 Å². The van der Waals surface area contributed by atoms with Crippen LogP contribution in [0.3, 0.4) is 0 Å². The molecular weight excluding hydrogens is 370 g/mol. The van der Waals surface area contributed by atoms with E-state index in [4.69, 9.17) is 4.74 Å². The highest BCUT2D eigenvalue weighted by Crippen LogP contribution is 2.34. The van der Waals surface area contributed by atoms with Crippen molar-refractivity contribution < 1.29 is 14.3 Å². The molecular formula is C21H21N5O3. The lowest BCUT2D eigenvalue weighted by molar-refractivity contribution is -0.135. The lowest BCUT2D eigenvalue weighted by Crippen LogP contribution is -2.50. The SMILES string of the molecule is CN(C)C(=O)[C@H]1CN(C(=O)c2ccc(Cn3cncn3)cc2)c2ccccc2O1. The van der Waals surface area contributed by atoms with Crippen LogP contribution < -0.4 is 9.64 Å². The summed E-state index contributed by atoms with van der Waals surface area (Å²) in [4.78, 5) is 32.7. The number of ether oxygens (including phenoxy) is 1. The summed E-state index contributed by atoms with van der Waals surface area (Å²) in [6.45, 7) is 0.738. The number of likely N-dealkylation sites (N-methyl/N-ethyl adjacent to an activating group) is 1. The maximum Gasteiger partial charge on any atom is 0.265 e. The number of carbonyl (C=O) groups is 2. The molecule has 8 heteroatoms. The van der Waals surface area contributed by atoms with Crippen LogP contribution in [0, 0.1) is 0 Å². The van der Waals surface area contributed by atoms with Crippen LogP contribution in [0.5, 0.6) is 5.75 Å². The van der Waals surface area contributed by atoms with Crippen LogP contribution in [-0.4, -0.2) is 58.2 Å². The minimum absolute atomic E-state index is 0.160. The molecule has 148 valence electrons. The predicted octanol–water partition coefficient (Wildman–Crippen LogP) is 1.82. The zero-order chi connectivity index (χ0) is 20.4. The summed E-state index contributed by atoms with van der Waals surface area (Å²) in [5, 5.41) is 4.09. The van der Waals surface area contributed by atoms with E-state index in [0.717, 1.165) is 5.56 Å². The van der Waals surface area contributed by atoms with Crippen molar-refractivity contribution in [1.29, 1.82) is 0 Å². The van der Waals surface area contributed by atoms with Crippen molar-refractivity contribution in [3.05, 3.63) is 72.3 Å². The van der Waals surface area contributed by atoms with Gasteiger partial charge < -0.3 is 14.5 Å². The molecule has 1 aromatic heterocycles. The molecule has 4 rings (SSSR count). The second-order valence-corrected chi connectivity index (χ2v) is 7.01. The van der Waals surface area contributed by atoms with E-state index < -0.39 is 6.10 Å². The molecule has 1 aliphatic rings. The van der Waals surface area contributed by atoms with Gasteiger partial charge in [0.15, 0.2) is 6.10 Å². The van der Waals surface area contributed by atoms with Crippen LogP contribution in [0.4, 0.5) is 5.69 Å². The number of carbonyl (C=O) groups excluding carboxylic acids is 2. The molecule has 2 heterocycles. The summed E-state index contributed by atoms with van der Waals surface area (Å²) < 4.78 is 7.56. The topological polar surface area (TPSA) is 80.6 Å². The third-order valence-corrected chi connectivity index (χ3v) is 4.75. The fourth-order valence-electron chi connectivity index (χ4n) is 3.25. The van der Waals surface area contributed by atoms with Crippen molar-refractivity contribution in [3.8, 4) is 5.75 Å². The summed E-state index contributed by atoms with van der Waals surface area (Å²) >= 11 is 0. The zero-order valence-electron chi connectivity index (χ0n) is 16.2. The molecule has 8 nitrogen and oxygen atoms in total. The Morgan fingerprint density at radius 2 is 1.90 bits per heavy atom. The van der Waals surface area contributed by atoms with Gasteiger partial charge in [0.2, 0.25) is 0 Å². The molecule has 0 bridgehead atoms. The quantitative estimate of drug-likeness (QED) is 0.678. The van der Waals surface area contributed by atoms with Crippen LogP contribution in [0.2, 0.25) is 0 Å². The smallest absolute Gasteiger partial charge is 0.265 e. The van der Waals surface area contributed by atoms with E-state index in [-0.39, 0.29) is 18.4 Å². The lowest BCUT2D eigenvalue weighted by atomic mass is 10.1. The van der Waals surface area contributed by atoms with Gasteiger partial charge in [0, 0.05) is 19.7 Å². The Morgan fingerprint density at radius 3 is 2.59 bits per heavy atom. The van der Waals surface area contributed by atoms with Crippen LogP contribution in [0.25, 0.3) is 0 Å². The molecule has 3 aromatic rings. The van der Waals surface area contributed by atoms with Gasteiger partial charge in [-0.2, -0.15) is 5.10 Å². The third kappa shape index (κ3) is 3.82. The number of nitrogens with zero attached hydrogens (tertiary/aromatic N) is 5. The number of aromatic nitrogens is 3. The molecule has 29 heavy (non-hydrogen) atoms. The molecule has 0 saturated carbocycles. The molecule has 1 aliphatic heterocycles. The first-order valence-corrected chi connectivity index (χ1v) is 9.23. The van der Waals surface area contributed by atoms with Gasteiger partial charge in [0.05, 0.1) is 18.8 Å². The number of rotatable bonds is 4. The first-order valence-electron chi connectivity index (χ1n) is 9.23. The number of para-hydroxylation sites is 2. The molecule has 0 saturated heterocycles. The number of hydrogen-bond donors (Lipinski definition) is 0. The number of anilines is 1. The van der Waals surface area contributed by atoms with E-state index >= 15 is 0 Å². The van der Waals surface area contributed by atoms with Gasteiger partial charge in [-0.25, -0.2) is 9.67 Å². The average molecular weight is 391 g/mol. The lowest BCUT2D eigenvalue weighted by Gasteiger charge is -2.35. The maximum absolute atomic E-state index is 13.2. The number of amides is 2. The normalized spacial score (nSPS) is 15.4. The van der Waals surface area contributed by atoms with Gasteiger partial charge in [-0.3, -0.25) is 9.59 Å². The van der Waals surface area contributed by atoms with Crippen LogP contribution in [0.15, 0.2) is 61.2 Å². The summed E-state index contributed by atoms with van der Waals surface area (Å²) in [5.41, 5.74) is 2.21. The Kier molecular flexibility index (Phi) is 4.99. The van der Waals surface area contributed by atoms with E-state index in [1.807, 2.05) is 30.3 Å². The molecule has 0 fully saturated rings. The molecule has 0 spiro atoms. The molecule has 2 amide bonds. The van der Waals surface area contributed by atoms with E-state index in [1.54, 1.807) is 48.2 Å². The minimum atomic E-state index is -0.740. The van der Waals surface area contributed by atoms with Crippen molar-refractivity contribution in [2.45, 2.75) is 12.6 Å². The molecule has 2 aromatic carbocycles. The van der Waals surface area contributed by atoms with E-state index in [1.165, 1.54) is 11.2 Å². The highest BCUT2D eigenvalue weighted by molar-refractivity contribution is 6.07. The summed E-state index contributed by atoms with van der Waals surface area (Å²) in [7, 11) is 3.35. The molecule has 0 aliphatic carbocycles. The number of benzene rings is 2. The van der Waals surface area contributed by atoms with E-state index in [0.29, 0.717) is 23.5 Å². The Labute approximate surface area is 168 Å². The van der Waals surface area contributed by atoms with Crippen LogP contribution in [0.1, 0.15) is 15.9 Å². The van der Waals surface area contributed by atoms with Gasteiger partial charge in [-0.1, -0.05) is 24.3 Å². The number of hydrogen-bond acceptors (Lipinski definition) is 5. The summed E-state index contributed by atoms with van der Waals surface area (Å²) in [5.74, 6) is 0.167. The Balaban J connectivity index is 1.58. The third-order valence-electron chi connectivity index (χ3n) is 4.75. The van der Waals surface area contributed by atoms with Gasteiger partial charge >= 0.3 is 0 Å². The highest BCUT2D eigenvalue weighted by Gasteiger charge is 2.34. The second-order valence-electron chi connectivity index (χ2n) is 7.01. The average Bonchev–Trinajstić information content (AvgIpc) is 3.25. The van der Waals surface area contributed by atoms with Crippen LogP contribution >= 0.6 is 0 Å². The highest BCUT2D eigenvalue weighted by atomic mass is 16.5. The van der Waals surface area contributed by atoms with Crippen molar-refractivity contribution in [3.63, 3.8) is 0 Å². The van der Waals surface area contributed by atoms with E-state index in [2.05, 4.69) is 10.1 Å².